The average Bonchev–Trinajstić information content (AvgIpc) is 3.02. The van der Waals surface area contributed by atoms with Gasteiger partial charge in [-0.15, -0.1) is 0 Å². The van der Waals surface area contributed by atoms with Crippen LogP contribution in [-0.2, 0) is 18.9 Å². The number of aromatic nitrogens is 2. The average molecular weight is 657 g/mol. The molecule has 0 atom stereocenters. The van der Waals surface area contributed by atoms with Crippen LogP contribution in [0.4, 0.5) is 37.8 Å². The van der Waals surface area contributed by atoms with Gasteiger partial charge in [0.2, 0.25) is 0 Å². The first-order valence-electron chi connectivity index (χ1n) is 14.9. The number of nitrogen functional groups attached to an aromatic ring is 1. The molecule has 3 N–H and O–H groups in total. The number of hydrogen-bond donors (Lipinski definition) is 2. The number of hydrogen-bond acceptors (Lipinski definition) is 6. The van der Waals surface area contributed by atoms with Crippen LogP contribution in [0.3, 0.4) is 0 Å². The Balaban J connectivity index is 0.00000245. The summed E-state index contributed by atoms with van der Waals surface area (Å²) in [5.41, 5.74) is 5.10. The molecule has 1 saturated heterocycles. The number of piperazine rings is 1. The fourth-order valence-electron chi connectivity index (χ4n) is 4.95. The number of nitrogens with two attached hydrogens (primary N) is 1. The summed E-state index contributed by atoms with van der Waals surface area (Å²) in [7, 11) is 1.96. The molecule has 0 saturated carbocycles. The quantitative estimate of drug-likeness (QED) is 0.182. The van der Waals surface area contributed by atoms with Gasteiger partial charge in [0.1, 0.15) is 5.82 Å². The van der Waals surface area contributed by atoms with Gasteiger partial charge in [0.05, 0.1) is 27.9 Å². The van der Waals surface area contributed by atoms with Crippen molar-refractivity contribution in [1.82, 2.24) is 19.8 Å². The van der Waals surface area contributed by atoms with Crippen molar-refractivity contribution >= 4 is 28.2 Å². The number of rotatable bonds is 4. The van der Waals surface area contributed by atoms with Crippen molar-refractivity contribution in [3.63, 3.8) is 0 Å². The second-order valence-corrected chi connectivity index (χ2v) is 10.8. The molecule has 2 aromatic heterocycles. The maximum absolute atomic E-state index is 14.0. The van der Waals surface area contributed by atoms with Crippen molar-refractivity contribution in [2.24, 2.45) is 0 Å². The highest BCUT2D eigenvalue weighted by molar-refractivity contribution is 6.04. The Hall–Kier alpha value is -4.67. The molecule has 0 radical (unpaired) electrons. The minimum absolute atomic E-state index is 0.0170. The van der Waals surface area contributed by atoms with Crippen molar-refractivity contribution in [2.75, 3.05) is 44.3 Å². The highest BCUT2D eigenvalue weighted by Gasteiger charge is 2.34. The number of carbonyl (C=O) groups excluding carboxylic acids is 1. The fraction of sp³-hybridized carbons (Fsp3) is 0.324. The first-order valence-corrected chi connectivity index (χ1v) is 14.9. The van der Waals surface area contributed by atoms with E-state index in [-0.39, 0.29) is 45.7 Å². The first kappa shape index (κ1) is 35.2. The molecule has 0 bridgehead atoms. The minimum atomic E-state index is -4.63. The first-order chi connectivity index (χ1) is 22.2. The molecule has 7 nitrogen and oxygen atoms in total. The summed E-state index contributed by atoms with van der Waals surface area (Å²) in [4.78, 5) is 25.3. The van der Waals surface area contributed by atoms with Crippen molar-refractivity contribution in [2.45, 2.75) is 39.7 Å². The Kier molecular flexibility index (Phi) is 10.8. The monoisotopic (exact) mass is 656 g/mol. The maximum atomic E-state index is 14.0. The number of nitrogens with one attached hydrogen (secondary N) is 1. The molecule has 1 amide bonds. The lowest BCUT2D eigenvalue weighted by Gasteiger charge is -2.33. The molecule has 0 unspecified atom stereocenters. The van der Waals surface area contributed by atoms with E-state index in [1.165, 1.54) is 36.7 Å². The smallest absolute Gasteiger partial charge is 0.383 e. The minimum Gasteiger partial charge on any atom is -0.383 e. The Morgan fingerprint density at radius 2 is 1.62 bits per heavy atom. The zero-order chi connectivity index (χ0) is 34.5. The second-order valence-electron chi connectivity index (χ2n) is 10.8. The zero-order valence-electron chi connectivity index (χ0n) is 26.3. The van der Waals surface area contributed by atoms with E-state index in [1.807, 2.05) is 25.8 Å². The summed E-state index contributed by atoms with van der Waals surface area (Å²) in [6.45, 7) is 8.57. The van der Waals surface area contributed by atoms with E-state index in [9.17, 15) is 31.1 Å². The normalized spacial score (nSPS) is 14.2. The third-order valence-electron chi connectivity index (χ3n) is 7.58. The molecule has 13 heteroatoms. The fourth-order valence-corrected chi connectivity index (χ4v) is 4.95. The van der Waals surface area contributed by atoms with E-state index < -0.39 is 29.4 Å². The molecular weight excluding hydrogens is 622 g/mol. The maximum Gasteiger partial charge on any atom is 0.416 e. The van der Waals surface area contributed by atoms with E-state index >= 15 is 0 Å². The number of amides is 1. The molecule has 0 spiro atoms. The largest absolute Gasteiger partial charge is 0.416 e. The number of pyridine rings is 2. The van der Waals surface area contributed by atoms with Crippen LogP contribution in [0, 0.1) is 18.8 Å². The lowest BCUT2D eigenvalue weighted by molar-refractivity contribution is -0.138. The number of anilines is 2. The third kappa shape index (κ3) is 8.58. The lowest BCUT2D eigenvalue weighted by Crippen LogP contribution is -2.44. The highest BCUT2D eigenvalue weighted by Crippen LogP contribution is 2.35. The predicted molar refractivity (Wildman–Crippen MR) is 170 cm³/mol. The number of halogens is 6. The van der Waals surface area contributed by atoms with Gasteiger partial charge in [-0.05, 0) is 49.9 Å². The zero-order valence-corrected chi connectivity index (χ0v) is 26.3. The van der Waals surface area contributed by atoms with Gasteiger partial charge in [0.25, 0.3) is 5.91 Å². The SMILES string of the molecule is CC.Cc1ncc(C(=O)Nc2ccc(CN3CCN(C)CC3)c(C(F)(F)F)c2)cc1C#Cc1c(N)ncc2ccc(C(F)(F)F)cc12. The van der Waals surface area contributed by atoms with E-state index in [1.54, 1.807) is 6.92 Å². The summed E-state index contributed by atoms with van der Waals surface area (Å²) in [6, 6.07) is 8.26. The topological polar surface area (TPSA) is 87.4 Å². The summed E-state index contributed by atoms with van der Waals surface area (Å²) in [6.07, 6.45) is -6.61. The Morgan fingerprint density at radius 1 is 0.915 bits per heavy atom. The van der Waals surface area contributed by atoms with Gasteiger partial charge in [-0.25, -0.2) is 4.98 Å². The third-order valence-corrected chi connectivity index (χ3v) is 7.58. The van der Waals surface area contributed by atoms with Crippen molar-refractivity contribution in [1.29, 1.82) is 0 Å². The lowest BCUT2D eigenvalue weighted by atomic mass is 10.0. The van der Waals surface area contributed by atoms with Crippen LogP contribution in [0.15, 0.2) is 54.9 Å². The number of aryl methyl sites for hydroxylation is 1. The Morgan fingerprint density at radius 3 is 2.28 bits per heavy atom. The van der Waals surface area contributed by atoms with Gasteiger partial charge in [-0.3, -0.25) is 14.7 Å². The predicted octanol–water partition coefficient (Wildman–Crippen LogP) is 6.98. The second kappa shape index (κ2) is 14.4. The highest BCUT2D eigenvalue weighted by atomic mass is 19.4. The number of nitrogens with zero attached hydrogens (tertiary/aromatic N) is 4. The van der Waals surface area contributed by atoms with E-state index in [2.05, 4.69) is 32.0 Å². The van der Waals surface area contributed by atoms with Crippen LogP contribution in [-0.4, -0.2) is 58.9 Å². The molecule has 5 rings (SSSR count). The summed E-state index contributed by atoms with van der Waals surface area (Å²) in [5.74, 6) is 4.78. The molecule has 1 fully saturated rings. The Labute approximate surface area is 268 Å². The molecule has 47 heavy (non-hydrogen) atoms. The van der Waals surface area contributed by atoms with Gasteiger partial charge in [-0.1, -0.05) is 37.8 Å². The van der Waals surface area contributed by atoms with Crippen molar-refractivity contribution in [3.8, 4) is 11.8 Å². The van der Waals surface area contributed by atoms with Crippen LogP contribution in [0.25, 0.3) is 10.8 Å². The Bertz CT molecular complexity index is 1820. The molecular formula is C34H34F6N6O. The molecule has 0 aliphatic carbocycles. The number of alkyl halides is 6. The van der Waals surface area contributed by atoms with Gasteiger partial charge in [0.15, 0.2) is 0 Å². The van der Waals surface area contributed by atoms with Gasteiger partial charge < -0.3 is 16.0 Å². The number of carbonyl (C=O) groups is 1. The van der Waals surface area contributed by atoms with E-state index in [0.717, 1.165) is 31.3 Å². The molecule has 4 aromatic rings. The molecule has 2 aromatic carbocycles. The van der Waals surface area contributed by atoms with Crippen LogP contribution >= 0.6 is 0 Å². The number of benzene rings is 2. The van der Waals surface area contributed by atoms with Crippen molar-refractivity contribution < 1.29 is 31.1 Å². The number of likely N-dealkylation sites (N-methyl/N-ethyl adjacent to an activating group) is 1. The summed E-state index contributed by atoms with van der Waals surface area (Å²) < 4.78 is 82.0. The van der Waals surface area contributed by atoms with Gasteiger partial charge >= 0.3 is 12.4 Å². The summed E-state index contributed by atoms with van der Waals surface area (Å²) >= 11 is 0. The molecule has 1 aliphatic rings. The molecule has 248 valence electrons. The van der Waals surface area contributed by atoms with Gasteiger partial charge in [0, 0.05) is 67.1 Å². The standard InChI is InChI=1S/C32H28F6N6O.C2H6/c1-19-20(5-8-26-27-14-24(31(33,34)35)6-3-21(27)16-41-29(26)39)13-23(17-40-19)30(45)42-25-7-4-22(28(15-25)32(36,37)38)18-44-11-9-43(2)10-12-44;1-2/h3-4,6-7,13-17H,9-12,18H2,1-2H3,(H2,39,41)(H,42,45);1-2H3. The van der Waals surface area contributed by atoms with Crippen LogP contribution < -0.4 is 11.1 Å². The molecule has 1 aliphatic heterocycles. The van der Waals surface area contributed by atoms with E-state index in [0.29, 0.717) is 24.2 Å². The number of fused-ring (bicyclic) bond motifs is 1. The van der Waals surface area contributed by atoms with Crippen LogP contribution in [0.2, 0.25) is 0 Å². The van der Waals surface area contributed by atoms with E-state index in [4.69, 9.17) is 5.73 Å². The van der Waals surface area contributed by atoms with Crippen LogP contribution in [0.5, 0.6) is 0 Å². The summed E-state index contributed by atoms with van der Waals surface area (Å²) in [5, 5.41) is 3.05. The van der Waals surface area contributed by atoms with Crippen molar-refractivity contribution in [3.05, 3.63) is 93.9 Å². The molecule has 3 heterocycles. The van der Waals surface area contributed by atoms with Gasteiger partial charge in [-0.2, -0.15) is 26.3 Å². The van der Waals surface area contributed by atoms with Crippen LogP contribution in [0.1, 0.15) is 57.7 Å².